The SMILES string of the molecule is O=C(N[C@](Cl)(C(=O)O)[C@@H](Cl)c1ccccc1)c1ccc([N+](=O)[O-])cc1. The van der Waals surface area contributed by atoms with Crippen LogP contribution in [0.25, 0.3) is 0 Å². The van der Waals surface area contributed by atoms with Crippen molar-refractivity contribution >= 4 is 40.8 Å². The van der Waals surface area contributed by atoms with E-state index in [1.165, 1.54) is 12.1 Å². The van der Waals surface area contributed by atoms with Crippen molar-refractivity contribution in [1.82, 2.24) is 5.32 Å². The molecular weight excluding hydrogens is 371 g/mol. The zero-order valence-corrected chi connectivity index (χ0v) is 14.1. The topological polar surface area (TPSA) is 110 Å². The van der Waals surface area contributed by atoms with Gasteiger partial charge in [0.1, 0.15) is 5.38 Å². The molecule has 0 aliphatic heterocycles. The lowest BCUT2D eigenvalue weighted by molar-refractivity contribution is -0.384. The van der Waals surface area contributed by atoms with E-state index in [-0.39, 0.29) is 11.3 Å². The second-order valence-electron chi connectivity index (χ2n) is 5.05. The molecule has 0 saturated heterocycles. The number of nitro groups is 1. The van der Waals surface area contributed by atoms with E-state index in [9.17, 15) is 24.8 Å². The van der Waals surface area contributed by atoms with Gasteiger partial charge in [-0.2, -0.15) is 0 Å². The summed E-state index contributed by atoms with van der Waals surface area (Å²) in [6, 6.07) is 12.8. The van der Waals surface area contributed by atoms with E-state index >= 15 is 0 Å². The van der Waals surface area contributed by atoms with Crippen LogP contribution >= 0.6 is 23.2 Å². The van der Waals surface area contributed by atoms with Crippen molar-refractivity contribution in [3.05, 3.63) is 75.8 Å². The highest BCUT2D eigenvalue weighted by Gasteiger charge is 2.46. The minimum atomic E-state index is -2.30. The number of nitrogens with one attached hydrogen (secondary N) is 1. The quantitative estimate of drug-likeness (QED) is 0.344. The molecule has 2 aromatic carbocycles. The van der Waals surface area contributed by atoms with Crippen molar-refractivity contribution < 1.29 is 19.6 Å². The summed E-state index contributed by atoms with van der Waals surface area (Å²) in [5.41, 5.74) is 0.214. The van der Waals surface area contributed by atoms with E-state index in [2.05, 4.69) is 5.32 Å². The number of carboxylic acid groups (broad SMARTS) is 1. The van der Waals surface area contributed by atoms with Crippen LogP contribution < -0.4 is 5.32 Å². The Morgan fingerprint density at radius 2 is 1.68 bits per heavy atom. The van der Waals surface area contributed by atoms with Crippen molar-refractivity contribution in [2.75, 3.05) is 0 Å². The van der Waals surface area contributed by atoms with E-state index in [0.29, 0.717) is 5.56 Å². The summed E-state index contributed by atoms with van der Waals surface area (Å²) in [4.78, 5) is 31.6. The number of carbonyl (C=O) groups is 2. The zero-order chi connectivity index (χ0) is 18.6. The van der Waals surface area contributed by atoms with E-state index in [0.717, 1.165) is 12.1 Å². The molecule has 2 N–H and O–H groups in total. The van der Waals surface area contributed by atoms with Crippen molar-refractivity contribution in [3.63, 3.8) is 0 Å². The Balaban J connectivity index is 2.27. The number of halogens is 2. The smallest absolute Gasteiger partial charge is 0.347 e. The van der Waals surface area contributed by atoms with Crippen LogP contribution in [0.4, 0.5) is 5.69 Å². The summed E-state index contributed by atoms with van der Waals surface area (Å²) in [5.74, 6) is -2.36. The summed E-state index contributed by atoms with van der Waals surface area (Å²) in [5, 5.41) is 21.0. The number of rotatable bonds is 6. The van der Waals surface area contributed by atoms with Gasteiger partial charge in [-0.15, -0.1) is 11.6 Å². The zero-order valence-electron chi connectivity index (χ0n) is 12.6. The molecule has 1 amide bonds. The molecule has 0 aliphatic carbocycles. The number of nitro benzene ring substituents is 1. The van der Waals surface area contributed by atoms with Crippen LogP contribution in [0.2, 0.25) is 0 Å². The van der Waals surface area contributed by atoms with Gasteiger partial charge in [-0.3, -0.25) is 14.9 Å². The largest absolute Gasteiger partial charge is 0.479 e. The van der Waals surface area contributed by atoms with E-state index in [1.54, 1.807) is 30.3 Å². The standard InChI is InChI=1S/C16H12Cl2N2O5/c17-13(10-4-2-1-3-5-10)16(18,15(22)23)19-14(21)11-6-8-12(9-7-11)20(24)25/h1-9,13H,(H,19,21)(H,22,23)/t13-,16-/m0/s1. The number of amides is 1. The molecule has 7 nitrogen and oxygen atoms in total. The number of carbonyl (C=O) groups excluding carboxylic acids is 1. The molecule has 0 radical (unpaired) electrons. The summed E-state index contributed by atoms with van der Waals surface area (Å²) < 4.78 is 0. The third kappa shape index (κ3) is 4.07. The Kier molecular flexibility index (Phi) is 5.61. The lowest BCUT2D eigenvalue weighted by atomic mass is 10.0. The molecule has 0 saturated carbocycles. The first-order chi connectivity index (χ1) is 11.8. The Morgan fingerprint density at radius 1 is 1.12 bits per heavy atom. The van der Waals surface area contributed by atoms with Crippen LogP contribution in [0.3, 0.4) is 0 Å². The average molecular weight is 383 g/mol. The first-order valence-corrected chi connectivity index (χ1v) is 7.75. The van der Waals surface area contributed by atoms with E-state index in [1.807, 2.05) is 0 Å². The molecule has 0 aliphatic rings. The van der Waals surface area contributed by atoms with Crippen LogP contribution in [0.15, 0.2) is 54.6 Å². The van der Waals surface area contributed by atoms with Crippen LogP contribution in [-0.2, 0) is 4.79 Å². The van der Waals surface area contributed by atoms with Gasteiger partial charge in [0.2, 0.25) is 5.00 Å². The summed E-state index contributed by atoms with van der Waals surface area (Å²) in [7, 11) is 0. The fourth-order valence-corrected chi connectivity index (χ4v) is 2.55. The predicted octanol–water partition coefficient (Wildman–Crippen LogP) is 3.32. The molecule has 2 rings (SSSR count). The van der Waals surface area contributed by atoms with Crippen LogP contribution in [0, 0.1) is 10.1 Å². The van der Waals surface area contributed by atoms with Gasteiger partial charge in [0, 0.05) is 17.7 Å². The normalized spacial score (nSPS) is 14.2. The summed E-state index contributed by atoms with van der Waals surface area (Å²) >= 11 is 12.3. The molecule has 2 aromatic rings. The number of nitrogens with zero attached hydrogens (tertiary/aromatic N) is 1. The van der Waals surface area contributed by atoms with Crippen LogP contribution in [0.1, 0.15) is 21.3 Å². The Morgan fingerprint density at radius 3 is 2.16 bits per heavy atom. The Labute approximate surface area is 152 Å². The number of hydrogen-bond acceptors (Lipinski definition) is 4. The molecule has 0 heterocycles. The van der Waals surface area contributed by atoms with Crippen molar-refractivity contribution in [2.45, 2.75) is 10.4 Å². The lowest BCUT2D eigenvalue weighted by Crippen LogP contribution is -2.53. The molecule has 0 bridgehead atoms. The van der Waals surface area contributed by atoms with Crippen molar-refractivity contribution in [1.29, 1.82) is 0 Å². The van der Waals surface area contributed by atoms with Gasteiger partial charge >= 0.3 is 5.97 Å². The number of non-ortho nitro benzene ring substituents is 1. The Hall–Kier alpha value is -2.64. The number of aliphatic carboxylic acids is 1. The maximum absolute atomic E-state index is 12.3. The molecular formula is C16H12Cl2N2O5. The third-order valence-electron chi connectivity index (χ3n) is 3.39. The minimum Gasteiger partial charge on any atom is -0.479 e. The fourth-order valence-electron chi connectivity index (χ4n) is 2.05. The second-order valence-corrected chi connectivity index (χ2v) is 6.08. The second kappa shape index (κ2) is 7.50. The van der Waals surface area contributed by atoms with Gasteiger partial charge in [-0.05, 0) is 17.7 Å². The average Bonchev–Trinajstić information content (AvgIpc) is 2.61. The van der Waals surface area contributed by atoms with Gasteiger partial charge in [0.05, 0.1) is 4.92 Å². The van der Waals surface area contributed by atoms with Crippen LogP contribution in [-0.4, -0.2) is 26.9 Å². The van der Waals surface area contributed by atoms with Gasteiger partial charge in [0.15, 0.2) is 0 Å². The molecule has 25 heavy (non-hydrogen) atoms. The van der Waals surface area contributed by atoms with Crippen molar-refractivity contribution in [3.8, 4) is 0 Å². The van der Waals surface area contributed by atoms with Gasteiger partial charge in [-0.25, -0.2) is 4.79 Å². The molecule has 0 spiro atoms. The molecule has 2 atom stereocenters. The number of carboxylic acids is 1. The molecule has 0 fully saturated rings. The highest BCUT2D eigenvalue weighted by Crippen LogP contribution is 2.36. The predicted molar refractivity (Wildman–Crippen MR) is 91.8 cm³/mol. The first-order valence-electron chi connectivity index (χ1n) is 6.94. The molecule has 130 valence electrons. The third-order valence-corrected chi connectivity index (χ3v) is 4.55. The van der Waals surface area contributed by atoms with Gasteiger partial charge < -0.3 is 10.4 Å². The Bertz CT molecular complexity index is 798. The number of benzene rings is 2. The van der Waals surface area contributed by atoms with Crippen molar-refractivity contribution in [2.24, 2.45) is 0 Å². The molecule has 0 aromatic heterocycles. The highest BCUT2D eigenvalue weighted by molar-refractivity contribution is 6.40. The molecule has 0 unspecified atom stereocenters. The minimum absolute atomic E-state index is 0.00815. The lowest BCUT2D eigenvalue weighted by Gasteiger charge is -2.28. The molecule has 9 heteroatoms. The number of hydrogen-bond donors (Lipinski definition) is 2. The van der Waals surface area contributed by atoms with Crippen LogP contribution in [0.5, 0.6) is 0 Å². The first kappa shape index (κ1) is 18.7. The maximum atomic E-state index is 12.3. The summed E-state index contributed by atoms with van der Waals surface area (Å²) in [6.45, 7) is 0. The summed E-state index contributed by atoms with van der Waals surface area (Å²) in [6.07, 6.45) is 0. The van der Waals surface area contributed by atoms with E-state index in [4.69, 9.17) is 23.2 Å². The maximum Gasteiger partial charge on any atom is 0.347 e. The van der Waals surface area contributed by atoms with Gasteiger partial charge in [0.25, 0.3) is 11.6 Å². The highest BCUT2D eigenvalue weighted by atomic mass is 35.5. The fraction of sp³-hybridized carbons (Fsp3) is 0.125. The van der Waals surface area contributed by atoms with Gasteiger partial charge in [-0.1, -0.05) is 41.9 Å². The van der Waals surface area contributed by atoms with E-state index < -0.39 is 27.2 Å². The monoisotopic (exact) mass is 382 g/mol. The number of alkyl halides is 2.